The van der Waals surface area contributed by atoms with E-state index in [1.165, 1.54) is 17.0 Å². The monoisotopic (exact) mass is 408 g/mol. The summed E-state index contributed by atoms with van der Waals surface area (Å²) in [6, 6.07) is 1.05. The highest BCUT2D eigenvalue weighted by Gasteiger charge is 2.42. The van der Waals surface area contributed by atoms with Crippen molar-refractivity contribution in [2.75, 3.05) is 25.0 Å². The molecule has 0 spiro atoms. The van der Waals surface area contributed by atoms with Gasteiger partial charge in [0.1, 0.15) is 23.5 Å². The van der Waals surface area contributed by atoms with Crippen LogP contribution in [0.3, 0.4) is 0 Å². The summed E-state index contributed by atoms with van der Waals surface area (Å²) in [5.41, 5.74) is 0.749. The van der Waals surface area contributed by atoms with Gasteiger partial charge in [0.25, 0.3) is 6.43 Å². The number of dihydropyridines is 1. The number of nitrogens with zero attached hydrogens (tertiary/aromatic N) is 3. The number of urea groups is 1. The number of hydrogen-bond donors (Lipinski definition) is 3. The van der Waals surface area contributed by atoms with Gasteiger partial charge >= 0.3 is 6.03 Å². The molecule has 0 aromatic carbocycles. The van der Waals surface area contributed by atoms with Crippen LogP contribution in [0, 0.1) is 5.82 Å². The summed E-state index contributed by atoms with van der Waals surface area (Å²) in [6.07, 6.45) is 2.38. The zero-order chi connectivity index (χ0) is 20.5. The van der Waals surface area contributed by atoms with Crippen molar-refractivity contribution < 1.29 is 22.8 Å². The van der Waals surface area contributed by atoms with E-state index in [1.807, 2.05) is 0 Å². The lowest BCUT2D eigenvalue weighted by molar-refractivity contribution is -0.122. The molecule has 1 fully saturated rings. The van der Waals surface area contributed by atoms with E-state index in [4.69, 9.17) is 0 Å². The molecule has 3 aliphatic heterocycles. The van der Waals surface area contributed by atoms with E-state index in [2.05, 4.69) is 25.8 Å². The number of amides is 3. The van der Waals surface area contributed by atoms with Crippen LogP contribution in [0.5, 0.6) is 0 Å². The van der Waals surface area contributed by atoms with E-state index in [-0.39, 0.29) is 11.9 Å². The zero-order valence-corrected chi connectivity index (χ0v) is 15.2. The third-order valence-electron chi connectivity index (χ3n) is 4.99. The summed E-state index contributed by atoms with van der Waals surface area (Å²) in [5.74, 6) is -0.509. The quantitative estimate of drug-likeness (QED) is 0.697. The first kappa shape index (κ1) is 19.1. The average molecular weight is 408 g/mol. The Balaban J connectivity index is 1.54. The Hall–Kier alpha value is -3.24. The number of alkyl halides is 2. The largest absolute Gasteiger partial charge is 0.366 e. The van der Waals surface area contributed by atoms with Gasteiger partial charge in [0.15, 0.2) is 0 Å². The summed E-state index contributed by atoms with van der Waals surface area (Å²) >= 11 is 0. The van der Waals surface area contributed by atoms with Gasteiger partial charge in [-0.05, 0) is 24.6 Å². The van der Waals surface area contributed by atoms with Crippen LogP contribution < -0.4 is 16.0 Å². The predicted octanol–water partition coefficient (Wildman–Crippen LogP) is 1.22. The van der Waals surface area contributed by atoms with Crippen molar-refractivity contribution in [1.29, 1.82) is 0 Å². The first-order valence-corrected chi connectivity index (χ1v) is 9.14. The first-order chi connectivity index (χ1) is 13.9. The molecule has 1 aromatic rings. The van der Waals surface area contributed by atoms with Crippen LogP contribution in [-0.4, -0.2) is 64.9 Å². The van der Waals surface area contributed by atoms with E-state index in [9.17, 15) is 22.8 Å². The molecule has 29 heavy (non-hydrogen) atoms. The third kappa shape index (κ3) is 3.84. The smallest absolute Gasteiger partial charge is 0.328 e. The topological polar surface area (TPSA) is 89.6 Å². The minimum Gasteiger partial charge on any atom is -0.366 e. The van der Waals surface area contributed by atoms with Gasteiger partial charge < -0.3 is 15.5 Å². The SMILES string of the molecule is O=C(NCC(F)F)C1C=CC2=C(N1)N(C(=O)Nc1ccc(F)cn1)C1CCN2C1. The Kier molecular flexibility index (Phi) is 5.03. The van der Waals surface area contributed by atoms with E-state index in [0.717, 1.165) is 24.9 Å². The molecule has 2 bridgehead atoms. The van der Waals surface area contributed by atoms with Crippen LogP contribution in [0.4, 0.5) is 23.8 Å². The van der Waals surface area contributed by atoms with Crippen LogP contribution in [0.15, 0.2) is 42.0 Å². The molecule has 4 heterocycles. The number of pyridine rings is 1. The molecular formula is C18H19F3N6O2. The molecule has 4 rings (SSSR count). The Morgan fingerprint density at radius 1 is 1.34 bits per heavy atom. The molecule has 0 aliphatic carbocycles. The molecule has 2 atom stereocenters. The van der Waals surface area contributed by atoms with E-state index in [1.54, 1.807) is 12.2 Å². The van der Waals surface area contributed by atoms with E-state index in [0.29, 0.717) is 12.4 Å². The number of rotatable bonds is 4. The van der Waals surface area contributed by atoms with Crippen LogP contribution in [0.2, 0.25) is 0 Å². The summed E-state index contributed by atoms with van der Waals surface area (Å²) in [4.78, 5) is 32.6. The van der Waals surface area contributed by atoms with Gasteiger partial charge in [-0.2, -0.15) is 0 Å². The average Bonchev–Trinajstić information content (AvgIpc) is 3.12. The maximum atomic E-state index is 13.1. The molecule has 11 heteroatoms. The molecular weight excluding hydrogens is 389 g/mol. The predicted molar refractivity (Wildman–Crippen MR) is 97.1 cm³/mol. The van der Waals surface area contributed by atoms with Crippen LogP contribution in [0.1, 0.15) is 6.42 Å². The maximum Gasteiger partial charge on any atom is 0.328 e. The van der Waals surface area contributed by atoms with Gasteiger partial charge in [0.2, 0.25) is 5.91 Å². The van der Waals surface area contributed by atoms with Crippen molar-refractivity contribution in [3.8, 4) is 0 Å². The number of fused-ring (bicyclic) bond motifs is 3. The number of allylic oxidation sites excluding steroid dienone is 1. The lowest BCUT2D eigenvalue weighted by Gasteiger charge is -2.40. The second-order valence-corrected chi connectivity index (χ2v) is 6.90. The number of nitrogens with one attached hydrogen (secondary N) is 3. The summed E-state index contributed by atoms with van der Waals surface area (Å²) in [7, 11) is 0. The Bertz CT molecular complexity index is 873. The Labute approximate surface area is 164 Å². The van der Waals surface area contributed by atoms with Crippen molar-refractivity contribution in [2.24, 2.45) is 0 Å². The van der Waals surface area contributed by atoms with Gasteiger partial charge in [-0.3, -0.25) is 15.0 Å². The maximum absolute atomic E-state index is 13.1. The fraction of sp³-hybridized carbons (Fsp3) is 0.389. The Morgan fingerprint density at radius 3 is 2.90 bits per heavy atom. The van der Waals surface area contributed by atoms with Crippen molar-refractivity contribution in [3.05, 3.63) is 47.8 Å². The minimum atomic E-state index is -2.65. The van der Waals surface area contributed by atoms with E-state index < -0.39 is 36.8 Å². The van der Waals surface area contributed by atoms with Crippen molar-refractivity contribution in [1.82, 2.24) is 25.4 Å². The first-order valence-electron chi connectivity index (χ1n) is 9.14. The van der Waals surface area contributed by atoms with Gasteiger partial charge in [-0.15, -0.1) is 0 Å². The fourth-order valence-electron chi connectivity index (χ4n) is 3.67. The summed E-state index contributed by atoms with van der Waals surface area (Å²) in [5, 5.41) is 7.79. The number of aromatic nitrogens is 1. The number of carbonyl (C=O) groups excluding carboxylic acids is 2. The Morgan fingerprint density at radius 2 is 2.17 bits per heavy atom. The van der Waals surface area contributed by atoms with E-state index >= 15 is 0 Å². The van der Waals surface area contributed by atoms with Crippen molar-refractivity contribution in [2.45, 2.75) is 24.9 Å². The second-order valence-electron chi connectivity index (χ2n) is 6.90. The molecule has 1 saturated heterocycles. The number of halogens is 3. The molecule has 154 valence electrons. The minimum absolute atomic E-state index is 0.127. The molecule has 0 radical (unpaired) electrons. The fourth-order valence-corrected chi connectivity index (χ4v) is 3.67. The summed E-state index contributed by atoms with van der Waals surface area (Å²) in [6.45, 7) is 0.639. The standard InChI is InChI=1S/C18H19F3N6O2/c19-10-1-4-15(22-7-10)25-18(29)27-11-5-6-26(9-11)13-3-2-12(24-16(13)27)17(28)23-8-14(20)21/h1-4,7,11-12,14,24H,5-6,8-9H2,(H,23,28)(H,22,25,29). The highest BCUT2D eigenvalue weighted by molar-refractivity contribution is 5.91. The third-order valence-corrected chi connectivity index (χ3v) is 4.99. The van der Waals surface area contributed by atoms with Crippen LogP contribution in [0.25, 0.3) is 0 Å². The second kappa shape index (κ2) is 7.64. The molecule has 8 nitrogen and oxygen atoms in total. The summed E-state index contributed by atoms with van der Waals surface area (Å²) < 4.78 is 37.8. The normalized spacial score (nSPS) is 22.5. The molecule has 3 aliphatic rings. The lowest BCUT2D eigenvalue weighted by Crippen LogP contribution is -2.56. The van der Waals surface area contributed by atoms with Gasteiger partial charge in [0, 0.05) is 13.1 Å². The van der Waals surface area contributed by atoms with Gasteiger partial charge in [-0.25, -0.2) is 22.9 Å². The molecule has 0 saturated carbocycles. The lowest BCUT2D eigenvalue weighted by atomic mass is 10.1. The number of carbonyl (C=O) groups is 2. The molecule has 3 N–H and O–H groups in total. The molecule has 3 amide bonds. The molecule has 1 aromatic heterocycles. The van der Waals surface area contributed by atoms with Crippen LogP contribution >= 0.6 is 0 Å². The van der Waals surface area contributed by atoms with Gasteiger partial charge in [-0.1, -0.05) is 6.08 Å². The number of hydrogen-bond acceptors (Lipinski definition) is 5. The number of anilines is 1. The zero-order valence-electron chi connectivity index (χ0n) is 15.2. The van der Waals surface area contributed by atoms with Gasteiger partial charge in [0.05, 0.1) is 24.5 Å². The highest BCUT2D eigenvalue weighted by atomic mass is 19.3. The van der Waals surface area contributed by atoms with Crippen molar-refractivity contribution >= 4 is 17.8 Å². The van der Waals surface area contributed by atoms with Crippen molar-refractivity contribution in [3.63, 3.8) is 0 Å². The highest BCUT2D eigenvalue weighted by Crippen LogP contribution is 2.33. The van der Waals surface area contributed by atoms with Crippen LogP contribution in [-0.2, 0) is 4.79 Å². The molecule has 2 unspecified atom stereocenters.